The van der Waals surface area contributed by atoms with Gasteiger partial charge in [-0.05, 0) is 13.3 Å². The fourth-order valence-corrected chi connectivity index (χ4v) is 1.78. The lowest BCUT2D eigenvalue weighted by Crippen LogP contribution is -2.35. The van der Waals surface area contributed by atoms with Crippen molar-refractivity contribution in [3.63, 3.8) is 0 Å². The number of nitrogens with zero attached hydrogens (tertiary/aromatic N) is 2. The summed E-state index contributed by atoms with van der Waals surface area (Å²) in [5.74, 6) is 5.12. The van der Waals surface area contributed by atoms with Crippen molar-refractivity contribution in [2.45, 2.75) is 25.8 Å². The molecule has 1 aromatic rings. The van der Waals surface area contributed by atoms with Gasteiger partial charge in [0.1, 0.15) is 11.4 Å². The lowest BCUT2D eigenvalue weighted by atomic mass is 10.2. The molecule has 88 valence electrons. The first-order valence-electron chi connectivity index (χ1n) is 4.76. The first-order valence-corrected chi connectivity index (χ1v) is 4.76. The third-order valence-electron chi connectivity index (χ3n) is 2.66. The molecule has 0 radical (unpaired) electrons. The summed E-state index contributed by atoms with van der Waals surface area (Å²) in [6.07, 6.45) is 3.26. The highest BCUT2D eigenvalue weighted by atomic mass is 35.5. The van der Waals surface area contributed by atoms with Crippen LogP contribution >= 0.6 is 12.4 Å². The van der Waals surface area contributed by atoms with E-state index in [1.807, 2.05) is 16.9 Å². The Morgan fingerprint density at radius 1 is 1.69 bits per heavy atom. The van der Waals surface area contributed by atoms with E-state index in [1.54, 1.807) is 0 Å². The van der Waals surface area contributed by atoms with Crippen molar-refractivity contribution in [1.82, 2.24) is 15.0 Å². The van der Waals surface area contributed by atoms with Crippen LogP contribution in [0, 0.1) is 0 Å². The number of hydrogen-bond acceptors (Lipinski definition) is 4. The van der Waals surface area contributed by atoms with Crippen LogP contribution in [0.15, 0.2) is 11.0 Å². The fraction of sp³-hybridized carbons (Fsp3) is 0.444. The number of aryl methyl sites for hydroxylation is 1. The number of nitrogens with one attached hydrogen (secondary N) is 1. The summed E-state index contributed by atoms with van der Waals surface area (Å²) >= 11 is 0. The third kappa shape index (κ3) is 1.94. The Labute approximate surface area is 98.2 Å². The molecule has 7 heteroatoms. The van der Waals surface area contributed by atoms with Crippen LogP contribution in [-0.4, -0.2) is 15.5 Å². The molecule has 2 rings (SSSR count). The molecule has 1 aliphatic heterocycles. The van der Waals surface area contributed by atoms with Crippen molar-refractivity contribution in [2.24, 2.45) is 5.84 Å². The van der Waals surface area contributed by atoms with Gasteiger partial charge in [0.15, 0.2) is 0 Å². The van der Waals surface area contributed by atoms with Crippen LogP contribution in [-0.2, 0) is 6.42 Å². The first-order chi connectivity index (χ1) is 7.13. The number of nitrogen functional groups attached to an aromatic ring is 1. The predicted molar refractivity (Wildman–Crippen MR) is 60.4 cm³/mol. The summed E-state index contributed by atoms with van der Waals surface area (Å²) < 4.78 is 1.85. The van der Waals surface area contributed by atoms with E-state index < -0.39 is 11.5 Å². The summed E-state index contributed by atoms with van der Waals surface area (Å²) in [7, 11) is 0. The zero-order valence-corrected chi connectivity index (χ0v) is 9.58. The van der Waals surface area contributed by atoms with Gasteiger partial charge >= 0.3 is 0 Å². The molecule has 1 aromatic heterocycles. The van der Waals surface area contributed by atoms with E-state index >= 15 is 0 Å². The molecule has 2 heterocycles. The van der Waals surface area contributed by atoms with E-state index in [2.05, 4.69) is 4.98 Å². The first kappa shape index (κ1) is 12.7. The maximum Gasteiger partial charge on any atom is 0.285 e. The fourth-order valence-electron chi connectivity index (χ4n) is 1.78. The lowest BCUT2D eigenvalue weighted by Gasteiger charge is -2.09. The Morgan fingerprint density at radius 2 is 2.38 bits per heavy atom. The summed E-state index contributed by atoms with van der Waals surface area (Å²) in [5, 5.41) is 0. The van der Waals surface area contributed by atoms with Gasteiger partial charge in [0.25, 0.3) is 11.5 Å². The number of fused-ring (bicyclic) bond motifs is 1. The number of carbonyl (C=O) groups excluding carboxylic acids is 1. The van der Waals surface area contributed by atoms with Gasteiger partial charge in [0.05, 0.1) is 0 Å². The van der Waals surface area contributed by atoms with Crippen LogP contribution < -0.4 is 16.8 Å². The normalized spacial score (nSPS) is 17.5. The smallest absolute Gasteiger partial charge is 0.285 e. The molecule has 0 bridgehead atoms. The van der Waals surface area contributed by atoms with E-state index in [9.17, 15) is 9.59 Å². The van der Waals surface area contributed by atoms with Crippen molar-refractivity contribution < 1.29 is 4.79 Å². The van der Waals surface area contributed by atoms with Crippen LogP contribution in [0.3, 0.4) is 0 Å². The minimum absolute atomic E-state index is 0. The second kappa shape index (κ2) is 4.63. The van der Waals surface area contributed by atoms with E-state index in [1.165, 1.54) is 6.20 Å². The zero-order chi connectivity index (χ0) is 11.0. The topological polar surface area (TPSA) is 90.0 Å². The minimum Gasteiger partial charge on any atom is -0.333 e. The maximum absolute atomic E-state index is 11.4. The van der Waals surface area contributed by atoms with Crippen molar-refractivity contribution in [2.75, 3.05) is 0 Å². The van der Waals surface area contributed by atoms with Crippen LogP contribution in [0.25, 0.3) is 0 Å². The maximum atomic E-state index is 11.4. The average molecular weight is 245 g/mol. The molecule has 16 heavy (non-hydrogen) atoms. The van der Waals surface area contributed by atoms with E-state index in [0.717, 1.165) is 18.7 Å². The molecule has 0 aromatic carbocycles. The Morgan fingerprint density at radius 3 is 3.00 bits per heavy atom. The molecular formula is C9H13ClN4O2. The van der Waals surface area contributed by atoms with Crippen molar-refractivity contribution >= 4 is 18.3 Å². The second-order valence-corrected chi connectivity index (χ2v) is 3.64. The predicted octanol–water partition coefficient (Wildman–Crippen LogP) is -0.224. The molecule has 0 aliphatic carbocycles. The number of carbonyl (C=O) groups is 1. The molecule has 3 N–H and O–H groups in total. The van der Waals surface area contributed by atoms with Gasteiger partial charge in [-0.25, -0.2) is 5.84 Å². The summed E-state index contributed by atoms with van der Waals surface area (Å²) in [4.78, 5) is 26.6. The molecule has 1 unspecified atom stereocenters. The van der Waals surface area contributed by atoms with E-state index in [0.29, 0.717) is 0 Å². The Kier molecular flexibility index (Phi) is 3.66. The number of amides is 1. The van der Waals surface area contributed by atoms with E-state index in [-0.39, 0.29) is 24.0 Å². The van der Waals surface area contributed by atoms with Crippen LogP contribution in [0.1, 0.15) is 35.6 Å². The van der Waals surface area contributed by atoms with Gasteiger partial charge in [-0.1, -0.05) is 0 Å². The second-order valence-electron chi connectivity index (χ2n) is 3.64. The highest BCUT2D eigenvalue weighted by molar-refractivity contribution is 5.93. The molecule has 0 fully saturated rings. The third-order valence-corrected chi connectivity index (χ3v) is 2.66. The largest absolute Gasteiger partial charge is 0.333 e. The number of hydrogen-bond donors (Lipinski definition) is 2. The number of aromatic nitrogens is 2. The molecular weight excluding hydrogens is 232 g/mol. The Bertz CT molecular complexity index is 471. The van der Waals surface area contributed by atoms with Gasteiger partial charge in [-0.15, -0.1) is 12.4 Å². The van der Waals surface area contributed by atoms with Gasteiger partial charge in [-0.2, -0.15) is 4.98 Å². The van der Waals surface area contributed by atoms with Gasteiger partial charge in [0, 0.05) is 18.7 Å². The van der Waals surface area contributed by atoms with Crippen LogP contribution in [0.2, 0.25) is 0 Å². The molecule has 1 aliphatic rings. The number of hydrazine groups is 1. The SMILES string of the molecule is CC1CCc2nc(=O)c(C(=O)NN)cn21.Cl. The molecule has 0 spiro atoms. The number of halogens is 1. The summed E-state index contributed by atoms with van der Waals surface area (Å²) in [5.41, 5.74) is 1.42. The van der Waals surface area contributed by atoms with Crippen molar-refractivity contribution in [3.8, 4) is 0 Å². The average Bonchev–Trinajstić information content (AvgIpc) is 2.58. The molecule has 0 saturated heterocycles. The van der Waals surface area contributed by atoms with Gasteiger partial charge < -0.3 is 4.57 Å². The van der Waals surface area contributed by atoms with E-state index in [4.69, 9.17) is 5.84 Å². The lowest BCUT2D eigenvalue weighted by molar-refractivity contribution is 0.0951. The molecule has 0 saturated carbocycles. The standard InChI is InChI=1S/C9H12N4O2.ClH/c1-5-2-3-7-11-8(14)6(4-13(5)7)9(15)12-10;/h4-5H,2-3,10H2,1H3,(H,12,15);1H. The molecule has 1 amide bonds. The Balaban J connectivity index is 0.00000128. The zero-order valence-electron chi connectivity index (χ0n) is 8.77. The van der Waals surface area contributed by atoms with Gasteiger partial charge in [-0.3, -0.25) is 15.0 Å². The number of rotatable bonds is 1. The molecule has 1 atom stereocenters. The highest BCUT2D eigenvalue weighted by Crippen LogP contribution is 2.22. The van der Waals surface area contributed by atoms with Gasteiger partial charge in [0.2, 0.25) is 0 Å². The molecule has 6 nitrogen and oxygen atoms in total. The van der Waals surface area contributed by atoms with Crippen molar-refractivity contribution in [3.05, 3.63) is 27.9 Å². The Hall–Kier alpha value is -1.40. The highest BCUT2D eigenvalue weighted by Gasteiger charge is 2.21. The van der Waals surface area contributed by atoms with Crippen molar-refractivity contribution in [1.29, 1.82) is 0 Å². The summed E-state index contributed by atoms with van der Waals surface area (Å²) in [6, 6.07) is 0.275. The monoisotopic (exact) mass is 244 g/mol. The number of nitrogens with two attached hydrogens (primary N) is 1. The van der Waals surface area contributed by atoms with Crippen LogP contribution in [0.5, 0.6) is 0 Å². The summed E-state index contributed by atoms with van der Waals surface area (Å²) in [6.45, 7) is 2.02. The quantitative estimate of drug-likeness (QED) is 0.406. The minimum atomic E-state index is -0.595. The van der Waals surface area contributed by atoms with Crippen LogP contribution in [0.4, 0.5) is 0 Å².